The number of hydrogen-bond donors (Lipinski definition) is 2. The van der Waals surface area contributed by atoms with Gasteiger partial charge in [-0.05, 0) is 49.8 Å². The number of aliphatic carboxylic acids is 1. The number of aryl methyl sites for hydroxylation is 1. The van der Waals surface area contributed by atoms with Crippen molar-refractivity contribution in [1.29, 1.82) is 0 Å². The molecule has 1 aliphatic carbocycles. The maximum Gasteiger partial charge on any atom is 0.309 e. The van der Waals surface area contributed by atoms with Crippen molar-refractivity contribution in [3.8, 4) is 0 Å². The van der Waals surface area contributed by atoms with Crippen molar-refractivity contribution < 1.29 is 14.7 Å². The molecule has 0 aromatic heterocycles. The molecule has 0 saturated heterocycles. The Morgan fingerprint density at radius 2 is 1.70 bits per heavy atom. The molecular formula is C18H24ClNO3. The zero-order valence-corrected chi connectivity index (χ0v) is 15.0. The third kappa shape index (κ3) is 2.53. The predicted molar refractivity (Wildman–Crippen MR) is 91.7 cm³/mol. The van der Waals surface area contributed by atoms with Crippen LogP contribution in [-0.2, 0) is 9.59 Å². The number of anilines is 1. The van der Waals surface area contributed by atoms with Gasteiger partial charge < -0.3 is 10.4 Å². The van der Waals surface area contributed by atoms with Crippen molar-refractivity contribution in [3.05, 3.63) is 28.8 Å². The summed E-state index contributed by atoms with van der Waals surface area (Å²) >= 11 is 6.01. The first-order valence-corrected chi connectivity index (χ1v) is 8.14. The SMILES string of the molecule is Cc1ccc(Cl)cc1NC(=O)C1(C)CCC(C)(C(=O)O)C1(C)C. The summed E-state index contributed by atoms with van der Waals surface area (Å²) in [7, 11) is 0. The average molecular weight is 338 g/mol. The molecule has 5 heteroatoms. The summed E-state index contributed by atoms with van der Waals surface area (Å²) in [5, 5.41) is 13.1. The van der Waals surface area contributed by atoms with Gasteiger partial charge in [0.2, 0.25) is 5.91 Å². The highest BCUT2D eigenvalue weighted by molar-refractivity contribution is 6.31. The fourth-order valence-electron chi connectivity index (χ4n) is 3.49. The largest absolute Gasteiger partial charge is 0.481 e. The van der Waals surface area contributed by atoms with Crippen molar-refractivity contribution in [3.63, 3.8) is 0 Å². The fraction of sp³-hybridized carbons (Fsp3) is 0.556. The lowest BCUT2D eigenvalue weighted by Gasteiger charge is -2.44. The summed E-state index contributed by atoms with van der Waals surface area (Å²) < 4.78 is 0. The molecule has 1 fully saturated rings. The number of amides is 1. The molecule has 0 aliphatic heterocycles. The standard InChI is InChI=1S/C18H24ClNO3/c1-11-6-7-12(19)10-13(11)20-14(21)17(4)8-9-18(5,15(22)23)16(17,2)3/h6-7,10H,8-9H2,1-5H3,(H,20,21)(H,22,23). The molecule has 2 unspecified atom stereocenters. The van der Waals surface area contributed by atoms with Gasteiger partial charge in [0.25, 0.3) is 0 Å². The maximum atomic E-state index is 13.0. The number of carboxylic acid groups (broad SMARTS) is 1. The van der Waals surface area contributed by atoms with E-state index in [1.54, 1.807) is 19.1 Å². The third-order valence-electron chi connectivity index (χ3n) is 6.30. The number of nitrogens with one attached hydrogen (secondary N) is 1. The van der Waals surface area contributed by atoms with Crippen LogP contribution in [0.3, 0.4) is 0 Å². The quantitative estimate of drug-likeness (QED) is 0.853. The van der Waals surface area contributed by atoms with Crippen LogP contribution >= 0.6 is 11.6 Å². The molecule has 2 atom stereocenters. The summed E-state index contributed by atoms with van der Waals surface area (Å²) in [6.07, 6.45) is 1.02. The minimum Gasteiger partial charge on any atom is -0.481 e. The van der Waals surface area contributed by atoms with Crippen LogP contribution in [0, 0.1) is 23.2 Å². The Kier molecular flexibility index (Phi) is 4.27. The van der Waals surface area contributed by atoms with Crippen LogP contribution in [-0.4, -0.2) is 17.0 Å². The van der Waals surface area contributed by atoms with E-state index in [-0.39, 0.29) is 5.91 Å². The van der Waals surface area contributed by atoms with Crippen LogP contribution in [0.1, 0.15) is 46.1 Å². The van der Waals surface area contributed by atoms with Gasteiger partial charge in [-0.3, -0.25) is 9.59 Å². The summed E-state index contributed by atoms with van der Waals surface area (Å²) in [6.45, 7) is 9.24. The summed E-state index contributed by atoms with van der Waals surface area (Å²) in [6, 6.07) is 5.34. The van der Waals surface area contributed by atoms with Gasteiger partial charge in [-0.15, -0.1) is 0 Å². The molecule has 1 saturated carbocycles. The molecule has 1 aromatic rings. The van der Waals surface area contributed by atoms with E-state index in [2.05, 4.69) is 5.32 Å². The van der Waals surface area contributed by atoms with Gasteiger partial charge in [-0.25, -0.2) is 0 Å². The molecule has 126 valence electrons. The van der Waals surface area contributed by atoms with E-state index in [0.717, 1.165) is 5.56 Å². The van der Waals surface area contributed by atoms with Crippen LogP contribution in [0.4, 0.5) is 5.69 Å². The van der Waals surface area contributed by atoms with Crippen molar-refractivity contribution in [2.24, 2.45) is 16.2 Å². The minimum atomic E-state index is -0.928. The first-order chi connectivity index (χ1) is 10.5. The highest BCUT2D eigenvalue weighted by Gasteiger charge is 2.64. The number of carbonyl (C=O) groups excluding carboxylic acids is 1. The zero-order valence-electron chi connectivity index (χ0n) is 14.3. The van der Waals surface area contributed by atoms with Crippen molar-refractivity contribution in [1.82, 2.24) is 0 Å². The number of halogens is 1. The number of benzene rings is 1. The molecule has 0 spiro atoms. The van der Waals surface area contributed by atoms with Gasteiger partial charge in [0.05, 0.1) is 10.8 Å². The lowest BCUT2D eigenvalue weighted by Crippen LogP contribution is -2.49. The second-order valence-corrected chi connectivity index (χ2v) is 7.94. The van der Waals surface area contributed by atoms with E-state index in [9.17, 15) is 14.7 Å². The van der Waals surface area contributed by atoms with E-state index >= 15 is 0 Å². The van der Waals surface area contributed by atoms with E-state index < -0.39 is 22.2 Å². The Labute approximate surface area is 142 Å². The topological polar surface area (TPSA) is 66.4 Å². The first-order valence-electron chi connectivity index (χ1n) is 7.77. The molecule has 2 N–H and O–H groups in total. The first kappa shape index (κ1) is 17.8. The van der Waals surface area contributed by atoms with E-state index in [4.69, 9.17) is 11.6 Å². The minimum absolute atomic E-state index is 0.155. The van der Waals surface area contributed by atoms with Gasteiger partial charge in [0, 0.05) is 10.7 Å². The van der Waals surface area contributed by atoms with E-state index in [1.165, 1.54) is 0 Å². The lowest BCUT2D eigenvalue weighted by atomic mass is 9.59. The van der Waals surface area contributed by atoms with Crippen molar-refractivity contribution in [2.45, 2.75) is 47.5 Å². The molecule has 23 heavy (non-hydrogen) atoms. The van der Waals surface area contributed by atoms with E-state index in [1.807, 2.05) is 33.8 Å². The smallest absolute Gasteiger partial charge is 0.309 e. The summed E-state index contributed by atoms with van der Waals surface area (Å²) in [5.74, 6) is -1.00. The Hall–Kier alpha value is -1.55. The molecule has 1 aromatic carbocycles. The van der Waals surface area contributed by atoms with Gasteiger partial charge in [0.15, 0.2) is 0 Å². The highest BCUT2D eigenvalue weighted by atomic mass is 35.5. The Morgan fingerprint density at radius 3 is 2.22 bits per heavy atom. The van der Waals surface area contributed by atoms with Crippen LogP contribution in [0.25, 0.3) is 0 Å². The molecule has 0 radical (unpaired) electrons. The number of rotatable bonds is 3. The van der Waals surface area contributed by atoms with Gasteiger partial charge >= 0.3 is 5.97 Å². The maximum absolute atomic E-state index is 13.0. The number of carboxylic acids is 1. The second-order valence-electron chi connectivity index (χ2n) is 7.51. The molecule has 1 aliphatic rings. The van der Waals surface area contributed by atoms with Crippen LogP contribution in [0.5, 0.6) is 0 Å². The van der Waals surface area contributed by atoms with Crippen molar-refractivity contribution in [2.75, 3.05) is 5.32 Å². The molecule has 2 rings (SSSR count). The average Bonchev–Trinajstić information content (AvgIpc) is 2.65. The van der Waals surface area contributed by atoms with Crippen molar-refractivity contribution >= 4 is 29.2 Å². The monoisotopic (exact) mass is 337 g/mol. The third-order valence-corrected chi connectivity index (χ3v) is 6.54. The lowest BCUT2D eigenvalue weighted by molar-refractivity contribution is -0.157. The number of carbonyl (C=O) groups is 2. The highest BCUT2D eigenvalue weighted by Crippen LogP contribution is 2.63. The fourth-order valence-corrected chi connectivity index (χ4v) is 3.67. The summed E-state index contributed by atoms with van der Waals surface area (Å²) in [5.41, 5.74) is -0.786. The Balaban J connectivity index is 2.35. The zero-order chi connectivity index (χ0) is 17.6. The molecule has 0 heterocycles. The predicted octanol–water partition coefficient (Wildman–Crippen LogP) is 4.50. The molecular weight excluding hydrogens is 314 g/mol. The normalized spacial score (nSPS) is 29.3. The van der Waals surface area contributed by atoms with Crippen LogP contribution in [0.15, 0.2) is 18.2 Å². The summed E-state index contributed by atoms with van der Waals surface area (Å²) in [4.78, 5) is 24.7. The molecule has 1 amide bonds. The van der Waals surface area contributed by atoms with Crippen LogP contribution in [0.2, 0.25) is 5.02 Å². The molecule has 4 nitrogen and oxygen atoms in total. The Morgan fingerprint density at radius 1 is 1.13 bits per heavy atom. The van der Waals surface area contributed by atoms with E-state index in [0.29, 0.717) is 23.6 Å². The Bertz CT molecular complexity index is 670. The van der Waals surface area contributed by atoms with Crippen LogP contribution < -0.4 is 5.32 Å². The van der Waals surface area contributed by atoms with Gasteiger partial charge in [0.1, 0.15) is 0 Å². The molecule has 0 bridgehead atoms. The van der Waals surface area contributed by atoms with Gasteiger partial charge in [-0.2, -0.15) is 0 Å². The number of hydrogen-bond acceptors (Lipinski definition) is 2. The second kappa shape index (κ2) is 5.52. The van der Waals surface area contributed by atoms with Gasteiger partial charge in [-0.1, -0.05) is 38.4 Å².